The quantitative estimate of drug-likeness (QED) is 0.615. The Kier molecular flexibility index (Phi) is 3.83. The van der Waals surface area contributed by atoms with Crippen LogP contribution in [-0.4, -0.2) is 31.0 Å². The predicted molar refractivity (Wildman–Crippen MR) is 43.2 cm³/mol. The van der Waals surface area contributed by atoms with Gasteiger partial charge in [0.2, 0.25) is 0 Å². The standard InChI is InChI=1S/C8H17NO2/c9-8(5-10)4-7-2-1-3-11-6-7/h7-8,10H,1-6,9H2/t7?,8-/m1/s1. The van der Waals surface area contributed by atoms with Gasteiger partial charge in [0.15, 0.2) is 0 Å². The van der Waals surface area contributed by atoms with Crippen LogP contribution in [0.2, 0.25) is 0 Å². The molecule has 3 heteroatoms. The number of rotatable bonds is 3. The number of aliphatic hydroxyl groups is 1. The molecule has 1 saturated heterocycles. The second-order valence-corrected chi connectivity index (χ2v) is 3.26. The molecule has 0 aromatic carbocycles. The number of hydrogen-bond donors (Lipinski definition) is 2. The summed E-state index contributed by atoms with van der Waals surface area (Å²) in [5.41, 5.74) is 5.60. The Morgan fingerprint density at radius 3 is 3.00 bits per heavy atom. The molecule has 1 heterocycles. The molecule has 0 saturated carbocycles. The van der Waals surface area contributed by atoms with Crippen molar-refractivity contribution in [2.75, 3.05) is 19.8 Å². The van der Waals surface area contributed by atoms with Gasteiger partial charge in [-0.2, -0.15) is 0 Å². The summed E-state index contributed by atoms with van der Waals surface area (Å²) in [4.78, 5) is 0. The maximum absolute atomic E-state index is 8.70. The smallest absolute Gasteiger partial charge is 0.0582 e. The van der Waals surface area contributed by atoms with Crippen LogP contribution in [0.4, 0.5) is 0 Å². The fourth-order valence-electron chi connectivity index (χ4n) is 1.50. The molecule has 0 radical (unpaired) electrons. The molecular formula is C8H17NO2. The second kappa shape index (κ2) is 4.70. The Labute approximate surface area is 67.5 Å². The van der Waals surface area contributed by atoms with Gasteiger partial charge in [-0.3, -0.25) is 0 Å². The van der Waals surface area contributed by atoms with E-state index < -0.39 is 0 Å². The van der Waals surface area contributed by atoms with E-state index in [9.17, 15) is 0 Å². The van der Waals surface area contributed by atoms with E-state index in [1.54, 1.807) is 0 Å². The van der Waals surface area contributed by atoms with Gasteiger partial charge in [-0.05, 0) is 25.2 Å². The average molecular weight is 159 g/mol. The van der Waals surface area contributed by atoms with Crippen LogP contribution in [0.15, 0.2) is 0 Å². The molecule has 11 heavy (non-hydrogen) atoms. The summed E-state index contributed by atoms with van der Waals surface area (Å²) < 4.78 is 5.29. The average Bonchev–Trinajstić information content (AvgIpc) is 2.06. The van der Waals surface area contributed by atoms with Gasteiger partial charge < -0.3 is 15.6 Å². The first kappa shape index (κ1) is 8.97. The minimum absolute atomic E-state index is 0.0540. The molecule has 0 aliphatic carbocycles. The fourth-order valence-corrected chi connectivity index (χ4v) is 1.50. The fraction of sp³-hybridized carbons (Fsp3) is 1.00. The molecule has 1 unspecified atom stereocenters. The lowest BCUT2D eigenvalue weighted by molar-refractivity contribution is 0.0464. The van der Waals surface area contributed by atoms with Crippen molar-refractivity contribution in [1.29, 1.82) is 0 Å². The Morgan fingerprint density at radius 1 is 1.64 bits per heavy atom. The predicted octanol–water partition coefficient (Wildman–Crippen LogP) is 0.123. The summed E-state index contributed by atoms with van der Waals surface area (Å²) in [6.07, 6.45) is 3.24. The molecule has 0 amide bonds. The van der Waals surface area contributed by atoms with E-state index in [4.69, 9.17) is 15.6 Å². The van der Waals surface area contributed by atoms with Crippen LogP contribution in [0.3, 0.4) is 0 Å². The molecule has 0 aromatic rings. The van der Waals surface area contributed by atoms with Crippen LogP contribution in [0, 0.1) is 5.92 Å². The van der Waals surface area contributed by atoms with Crippen molar-refractivity contribution in [1.82, 2.24) is 0 Å². The van der Waals surface area contributed by atoms with Crippen molar-refractivity contribution in [3.63, 3.8) is 0 Å². The maximum atomic E-state index is 8.70. The molecule has 1 fully saturated rings. The molecular weight excluding hydrogens is 142 g/mol. The van der Waals surface area contributed by atoms with Gasteiger partial charge in [0.1, 0.15) is 0 Å². The number of nitrogens with two attached hydrogens (primary N) is 1. The Hall–Kier alpha value is -0.120. The molecule has 0 bridgehead atoms. The van der Waals surface area contributed by atoms with E-state index in [0.29, 0.717) is 5.92 Å². The van der Waals surface area contributed by atoms with Crippen molar-refractivity contribution in [3.8, 4) is 0 Å². The molecule has 0 spiro atoms. The first-order valence-corrected chi connectivity index (χ1v) is 4.27. The number of hydrogen-bond acceptors (Lipinski definition) is 3. The minimum Gasteiger partial charge on any atom is -0.395 e. The normalized spacial score (nSPS) is 28.4. The third-order valence-corrected chi connectivity index (χ3v) is 2.13. The Morgan fingerprint density at radius 2 is 2.45 bits per heavy atom. The van der Waals surface area contributed by atoms with Crippen LogP contribution in [0.25, 0.3) is 0 Å². The van der Waals surface area contributed by atoms with Gasteiger partial charge in [-0.25, -0.2) is 0 Å². The summed E-state index contributed by atoms with van der Waals surface area (Å²) in [7, 11) is 0. The monoisotopic (exact) mass is 159 g/mol. The summed E-state index contributed by atoms with van der Waals surface area (Å²) in [6.45, 7) is 1.81. The van der Waals surface area contributed by atoms with Gasteiger partial charge in [0, 0.05) is 19.3 Å². The summed E-state index contributed by atoms with van der Waals surface area (Å²) >= 11 is 0. The summed E-state index contributed by atoms with van der Waals surface area (Å²) in [6, 6.07) is -0.0540. The van der Waals surface area contributed by atoms with Crippen molar-refractivity contribution in [3.05, 3.63) is 0 Å². The first-order chi connectivity index (χ1) is 5.33. The summed E-state index contributed by atoms with van der Waals surface area (Å²) in [5.74, 6) is 0.575. The highest BCUT2D eigenvalue weighted by atomic mass is 16.5. The minimum atomic E-state index is -0.0540. The zero-order valence-electron chi connectivity index (χ0n) is 6.83. The van der Waals surface area contributed by atoms with E-state index in [2.05, 4.69) is 0 Å². The van der Waals surface area contributed by atoms with E-state index >= 15 is 0 Å². The lowest BCUT2D eigenvalue weighted by Gasteiger charge is -2.23. The van der Waals surface area contributed by atoms with Crippen molar-refractivity contribution >= 4 is 0 Å². The molecule has 66 valence electrons. The van der Waals surface area contributed by atoms with Crippen LogP contribution in [0.1, 0.15) is 19.3 Å². The third-order valence-electron chi connectivity index (χ3n) is 2.13. The van der Waals surface area contributed by atoms with E-state index in [1.165, 1.54) is 6.42 Å². The molecule has 3 N–H and O–H groups in total. The van der Waals surface area contributed by atoms with Crippen molar-refractivity contribution in [2.45, 2.75) is 25.3 Å². The van der Waals surface area contributed by atoms with E-state index in [-0.39, 0.29) is 12.6 Å². The Bertz CT molecular complexity index is 102. The number of ether oxygens (including phenoxy) is 1. The Balaban J connectivity index is 2.13. The van der Waals surface area contributed by atoms with Crippen LogP contribution in [0.5, 0.6) is 0 Å². The van der Waals surface area contributed by atoms with E-state index in [0.717, 1.165) is 26.1 Å². The van der Waals surface area contributed by atoms with Crippen molar-refractivity contribution in [2.24, 2.45) is 11.7 Å². The van der Waals surface area contributed by atoms with Gasteiger partial charge in [0.05, 0.1) is 6.61 Å². The largest absolute Gasteiger partial charge is 0.395 e. The molecule has 1 aliphatic rings. The molecule has 0 aromatic heterocycles. The molecule has 1 rings (SSSR count). The van der Waals surface area contributed by atoms with Crippen LogP contribution >= 0.6 is 0 Å². The topological polar surface area (TPSA) is 55.5 Å². The zero-order chi connectivity index (χ0) is 8.10. The number of aliphatic hydroxyl groups excluding tert-OH is 1. The summed E-state index contributed by atoms with van der Waals surface area (Å²) in [5, 5.41) is 8.70. The van der Waals surface area contributed by atoms with Crippen LogP contribution in [-0.2, 0) is 4.74 Å². The maximum Gasteiger partial charge on any atom is 0.0582 e. The zero-order valence-corrected chi connectivity index (χ0v) is 6.83. The third kappa shape index (κ3) is 3.18. The van der Waals surface area contributed by atoms with Gasteiger partial charge in [0.25, 0.3) is 0 Å². The van der Waals surface area contributed by atoms with E-state index in [1.807, 2.05) is 0 Å². The molecule has 3 nitrogen and oxygen atoms in total. The first-order valence-electron chi connectivity index (χ1n) is 4.27. The van der Waals surface area contributed by atoms with Crippen LogP contribution < -0.4 is 5.73 Å². The highest BCUT2D eigenvalue weighted by Crippen LogP contribution is 2.17. The lowest BCUT2D eigenvalue weighted by atomic mass is 9.95. The lowest BCUT2D eigenvalue weighted by Crippen LogP contribution is -2.30. The second-order valence-electron chi connectivity index (χ2n) is 3.26. The highest BCUT2D eigenvalue weighted by molar-refractivity contribution is 4.69. The van der Waals surface area contributed by atoms with Gasteiger partial charge >= 0.3 is 0 Å². The molecule has 1 aliphatic heterocycles. The highest BCUT2D eigenvalue weighted by Gasteiger charge is 2.16. The van der Waals surface area contributed by atoms with Crippen molar-refractivity contribution < 1.29 is 9.84 Å². The molecule has 2 atom stereocenters. The van der Waals surface area contributed by atoms with Gasteiger partial charge in [-0.15, -0.1) is 0 Å². The SMILES string of the molecule is N[C@@H](CO)CC1CCCOC1. The van der Waals surface area contributed by atoms with Gasteiger partial charge in [-0.1, -0.05) is 0 Å².